The van der Waals surface area contributed by atoms with Gasteiger partial charge >= 0.3 is 0 Å². The predicted molar refractivity (Wildman–Crippen MR) is 124 cm³/mol. The molecule has 0 N–H and O–H groups in total. The van der Waals surface area contributed by atoms with Crippen LogP contribution in [-0.2, 0) is 11.4 Å². The van der Waals surface area contributed by atoms with Gasteiger partial charge in [0.2, 0.25) is 0 Å². The fourth-order valence-corrected chi connectivity index (χ4v) is 4.25. The van der Waals surface area contributed by atoms with Gasteiger partial charge in [-0.15, -0.1) is 6.58 Å². The van der Waals surface area contributed by atoms with Gasteiger partial charge in [0.15, 0.2) is 11.5 Å². The van der Waals surface area contributed by atoms with Gasteiger partial charge in [-0.05, 0) is 51.9 Å². The van der Waals surface area contributed by atoms with Crippen molar-refractivity contribution in [1.29, 1.82) is 0 Å². The molecule has 6 heteroatoms. The average Bonchev–Trinajstić information content (AvgIpc) is 3.05. The highest BCUT2D eigenvalue weighted by molar-refractivity contribution is 8.18. The Kier molecular flexibility index (Phi) is 6.09. The average molecular weight is 432 g/mol. The summed E-state index contributed by atoms with van der Waals surface area (Å²) in [6, 6.07) is 19.7. The minimum absolute atomic E-state index is 0.201. The largest absolute Gasteiger partial charge is 0.493 e. The van der Waals surface area contributed by atoms with Crippen molar-refractivity contribution < 1.29 is 19.1 Å². The third kappa shape index (κ3) is 4.34. The first-order chi connectivity index (χ1) is 15.1. The lowest BCUT2D eigenvalue weighted by atomic mass is 10.1. The van der Waals surface area contributed by atoms with E-state index >= 15 is 0 Å². The minimum Gasteiger partial charge on any atom is -0.493 e. The zero-order chi connectivity index (χ0) is 21.8. The number of carbonyl (C=O) groups is 2. The molecular formula is C25H21NO4S. The number of thioether (sulfide) groups is 1. The van der Waals surface area contributed by atoms with E-state index in [9.17, 15) is 9.59 Å². The highest BCUT2D eigenvalue weighted by atomic mass is 32.2. The summed E-state index contributed by atoms with van der Waals surface area (Å²) in [5, 5.41) is 2.02. The van der Waals surface area contributed by atoms with Crippen molar-refractivity contribution in [3.05, 3.63) is 89.4 Å². The van der Waals surface area contributed by atoms with Crippen molar-refractivity contribution in [2.45, 2.75) is 6.61 Å². The second kappa shape index (κ2) is 9.10. The van der Waals surface area contributed by atoms with Crippen LogP contribution >= 0.6 is 11.8 Å². The lowest BCUT2D eigenvalue weighted by Crippen LogP contribution is -2.27. The van der Waals surface area contributed by atoms with Crippen molar-refractivity contribution in [3.63, 3.8) is 0 Å². The summed E-state index contributed by atoms with van der Waals surface area (Å²) >= 11 is 0.922. The molecule has 1 heterocycles. The van der Waals surface area contributed by atoms with E-state index < -0.39 is 0 Å². The molecule has 0 spiro atoms. The lowest BCUT2D eigenvalue weighted by molar-refractivity contribution is -0.122. The Morgan fingerprint density at radius 3 is 2.65 bits per heavy atom. The second-order valence-electron chi connectivity index (χ2n) is 6.92. The topological polar surface area (TPSA) is 55.8 Å². The Balaban J connectivity index is 1.54. The van der Waals surface area contributed by atoms with Gasteiger partial charge in [-0.25, -0.2) is 0 Å². The molecule has 156 valence electrons. The van der Waals surface area contributed by atoms with E-state index in [0.29, 0.717) is 23.0 Å². The second-order valence-corrected chi connectivity index (χ2v) is 7.91. The summed E-state index contributed by atoms with van der Waals surface area (Å²) in [5.41, 5.74) is 1.83. The minimum atomic E-state index is -0.315. The number of nitrogens with zero attached hydrogens (tertiary/aromatic N) is 1. The molecule has 1 aliphatic rings. The van der Waals surface area contributed by atoms with E-state index in [1.807, 2.05) is 36.4 Å². The standard InChI is InChI=1S/C25H21NO4S/c1-3-13-26-24(27)23(31-25(26)28)15-17-11-12-21(22(14-17)29-2)30-16-19-9-6-8-18-7-4-5-10-20(18)19/h3-12,14-15H,1,13,16H2,2H3/b23-15-. The Morgan fingerprint density at radius 2 is 1.84 bits per heavy atom. The summed E-state index contributed by atoms with van der Waals surface area (Å²) in [5.74, 6) is 0.844. The van der Waals surface area contributed by atoms with Gasteiger partial charge in [0, 0.05) is 6.54 Å². The number of ether oxygens (including phenoxy) is 2. The molecule has 1 fully saturated rings. The lowest BCUT2D eigenvalue weighted by Gasteiger charge is -2.13. The molecule has 0 unspecified atom stereocenters. The number of rotatable bonds is 7. The Labute approximate surface area is 185 Å². The number of amides is 2. The quantitative estimate of drug-likeness (QED) is 0.357. The first kappa shape index (κ1) is 20.8. The first-order valence-corrected chi connectivity index (χ1v) is 10.6. The molecule has 5 nitrogen and oxygen atoms in total. The highest BCUT2D eigenvalue weighted by Crippen LogP contribution is 2.35. The van der Waals surface area contributed by atoms with Crippen LogP contribution in [0, 0.1) is 0 Å². The number of benzene rings is 3. The molecule has 0 bridgehead atoms. The van der Waals surface area contributed by atoms with Crippen molar-refractivity contribution >= 4 is 39.8 Å². The van der Waals surface area contributed by atoms with Gasteiger partial charge in [-0.1, -0.05) is 54.6 Å². The van der Waals surface area contributed by atoms with E-state index in [2.05, 4.69) is 24.8 Å². The zero-order valence-electron chi connectivity index (χ0n) is 17.0. The Morgan fingerprint density at radius 1 is 1.03 bits per heavy atom. The molecule has 1 aliphatic heterocycles. The summed E-state index contributed by atoms with van der Waals surface area (Å²) < 4.78 is 11.5. The van der Waals surface area contributed by atoms with Crippen molar-refractivity contribution in [2.24, 2.45) is 0 Å². The summed E-state index contributed by atoms with van der Waals surface area (Å²) in [4.78, 5) is 26.0. The fourth-order valence-electron chi connectivity index (χ4n) is 3.40. The van der Waals surface area contributed by atoms with Gasteiger partial charge in [-0.2, -0.15) is 0 Å². The molecule has 31 heavy (non-hydrogen) atoms. The number of carbonyl (C=O) groups excluding carboxylic acids is 2. The van der Waals surface area contributed by atoms with Crippen LogP contribution in [0.2, 0.25) is 0 Å². The molecular weight excluding hydrogens is 410 g/mol. The monoisotopic (exact) mass is 431 g/mol. The molecule has 3 aromatic rings. The Bertz CT molecular complexity index is 1200. The van der Waals surface area contributed by atoms with Crippen LogP contribution in [-0.4, -0.2) is 29.7 Å². The number of methoxy groups -OCH3 is 1. The molecule has 0 aromatic heterocycles. The van der Waals surface area contributed by atoms with Gasteiger partial charge in [0.05, 0.1) is 12.0 Å². The zero-order valence-corrected chi connectivity index (χ0v) is 17.9. The number of hydrogen-bond acceptors (Lipinski definition) is 5. The maximum atomic E-state index is 12.4. The van der Waals surface area contributed by atoms with Gasteiger partial charge in [0.1, 0.15) is 6.61 Å². The molecule has 2 amide bonds. The molecule has 4 rings (SSSR count). The molecule has 1 saturated heterocycles. The SMILES string of the molecule is C=CCN1C(=O)S/C(=C\c2ccc(OCc3cccc4ccccc34)c(OC)c2)C1=O. The number of imide groups is 1. The third-order valence-corrected chi connectivity index (χ3v) is 5.84. The first-order valence-electron chi connectivity index (χ1n) is 9.74. The molecule has 0 aliphatic carbocycles. The van der Waals surface area contributed by atoms with Crippen LogP contribution in [0.3, 0.4) is 0 Å². The van der Waals surface area contributed by atoms with Crippen LogP contribution in [0.5, 0.6) is 11.5 Å². The van der Waals surface area contributed by atoms with Crippen molar-refractivity contribution in [3.8, 4) is 11.5 Å². The van der Waals surface area contributed by atoms with Gasteiger partial charge in [-0.3, -0.25) is 14.5 Å². The fraction of sp³-hybridized carbons (Fsp3) is 0.120. The van der Waals surface area contributed by atoms with Crippen LogP contribution in [0.15, 0.2) is 78.2 Å². The molecule has 3 aromatic carbocycles. The number of fused-ring (bicyclic) bond motifs is 1. The van der Waals surface area contributed by atoms with E-state index in [1.54, 1.807) is 19.3 Å². The van der Waals surface area contributed by atoms with Crippen molar-refractivity contribution in [2.75, 3.05) is 13.7 Å². The molecule has 0 saturated carbocycles. The number of hydrogen-bond donors (Lipinski definition) is 0. The predicted octanol–water partition coefficient (Wildman–Crippen LogP) is 5.65. The Hall–Kier alpha value is -3.51. The van der Waals surface area contributed by atoms with Crippen LogP contribution < -0.4 is 9.47 Å². The summed E-state index contributed by atoms with van der Waals surface area (Å²) in [6.45, 7) is 4.19. The van der Waals surface area contributed by atoms with Crippen molar-refractivity contribution in [1.82, 2.24) is 4.90 Å². The van der Waals surface area contributed by atoms with E-state index in [4.69, 9.17) is 9.47 Å². The van der Waals surface area contributed by atoms with Crippen LogP contribution in [0.1, 0.15) is 11.1 Å². The van der Waals surface area contributed by atoms with E-state index in [0.717, 1.165) is 33.7 Å². The normalized spacial score (nSPS) is 15.0. The maximum Gasteiger partial charge on any atom is 0.293 e. The summed E-state index contributed by atoms with van der Waals surface area (Å²) in [7, 11) is 1.57. The highest BCUT2D eigenvalue weighted by Gasteiger charge is 2.34. The van der Waals surface area contributed by atoms with Gasteiger partial charge < -0.3 is 9.47 Å². The maximum absolute atomic E-state index is 12.4. The van der Waals surface area contributed by atoms with Gasteiger partial charge in [0.25, 0.3) is 11.1 Å². The third-order valence-electron chi connectivity index (χ3n) is 4.93. The molecule has 0 atom stereocenters. The van der Waals surface area contributed by atoms with Crippen LogP contribution in [0.4, 0.5) is 4.79 Å². The van der Waals surface area contributed by atoms with Crippen LogP contribution in [0.25, 0.3) is 16.8 Å². The molecule has 0 radical (unpaired) electrons. The van der Waals surface area contributed by atoms with E-state index in [-0.39, 0.29) is 17.7 Å². The van der Waals surface area contributed by atoms with E-state index in [1.165, 1.54) is 11.0 Å². The summed E-state index contributed by atoms with van der Waals surface area (Å²) in [6.07, 6.45) is 3.22. The smallest absolute Gasteiger partial charge is 0.293 e.